The van der Waals surface area contributed by atoms with Crippen molar-refractivity contribution in [1.82, 2.24) is 15.2 Å². The topological polar surface area (TPSA) is 82.1 Å². The number of carbonyl (C=O) groups excluding carboxylic acids is 3. The van der Waals surface area contributed by atoms with E-state index in [2.05, 4.69) is 22.8 Å². The van der Waals surface area contributed by atoms with Gasteiger partial charge < -0.3 is 5.32 Å². The first-order valence-electron chi connectivity index (χ1n) is 11.8. The predicted molar refractivity (Wildman–Crippen MR) is 135 cm³/mol. The summed E-state index contributed by atoms with van der Waals surface area (Å²) in [7, 11) is 0. The number of thiophene rings is 2. The normalized spacial score (nSPS) is 25.0. The van der Waals surface area contributed by atoms with E-state index in [1.807, 2.05) is 37.4 Å². The number of fused-ring (bicyclic) bond motifs is 1. The van der Waals surface area contributed by atoms with Crippen LogP contribution in [0.3, 0.4) is 0 Å². The number of nitrogens with one attached hydrogen (secondary N) is 1. The van der Waals surface area contributed by atoms with Crippen LogP contribution in [0.1, 0.15) is 61.7 Å². The Balaban J connectivity index is 1.46. The van der Waals surface area contributed by atoms with Crippen LogP contribution in [0.4, 0.5) is 4.79 Å². The summed E-state index contributed by atoms with van der Waals surface area (Å²) in [4.78, 5) is 42.6. The molecule has 4 amide bonds. The zero-order chi connectivity index (χ0) is 23.9. The Kier molecular flexibility index (Phi) is 6.16. The van der Waals surface area contributed by atoms with Crippen molar-refractivity contribution in [2.45, 2.75) is 57.5 Å². The SMILES string of the molecule is CCC1(CC)NC(=O)N(CC(=O)N2N=C3C(=Cc4cccs4)CCCC3C2c2cccs2)C1=O. The molecule has 7 nitrogen and oxygen atoms in total. The van der Waals surface area contributed by atoms with E-state index in [1.54, 1.807) is 22.7 Å². The Bertz CT molecular complexity index is 1150. The van der Waals surface area contributed by atoms with Gasteiger partial charge in [0.05, 0.1) is 11.8 Å². The van der Waals surface area contributed by atoms with Crippen molar-refractivity contribution < 1.29 is 14.4 Å². The standard InChI is InChI=1S/C25H28N4O3S2/c1-3-25(4-2)23(31)28(24(32)26-25)15-20(30)29-22(19-11-7-13-34-19)18-10-5-8-16(21(18)27-29)14-17-9-6-12-33-17/h6-7,9,11-14,18,22H,3-5,8,10,15H2,1-2H3,(H,26,32). The summed E-state index contributed by atoms with van der Waals surface area (Å²) in [5.74, 6) is -0.551. The predicted octanol–water partition coefficient (Wildman–Crippen LogP) is 5.04. The number of rotatable bonds is 6. The van der Waals surface area contributed by atoms with E-state index in [0.717, 1.165) is 34.8 Å². The molecule has 34 heavy (non-hydrogen) atoms. The lowest BCUT2D eigenvalue weighted by molar-refractivity contribution is -0.140. The van der Waals surface area contributed by atoms with Gasteiger partial charge in [0.1, 0.15) is 12.1 Å². The number of allylic oxidation sites excluding steroid dienone is 1. The van der Waals surface area contributed by atoms with Crippen LogP contribution >= 0.6 is 22.7 Å². The zero-order valence-corrected chi connectivity index (χ0v) is 21.0. The monoisotopic (exact) mass is 496 g/mol. The Morgan fingerprint density at radius 1 is 1.21 bits per heavy atom. The van der Waals surface area contributed by atoms with E-state index in [0.29, 0.717) is 12.8 Å². The fraction of sp³-hybridized carbons (Fsp3) is 0.440. The molecule has 0 radical (unpaired) electrons. The molecular weight excluding hydrogens is 468 g/mol. The Morgan fingerprint density at radius 3 is 2.62 bits per heavy atom. The van der Waals surface area contributed by atoms with Gasteiger partial charge in [0.15, 0.2) is 0 Å². The van der Waals surface area contributed by atoms with Gasteiger partial charge in [-0.05, 0) is 66.6 Å². The van der Waals surface area contributed by atoms with Crippen molar-refractivity contribution in [2.24, 2.45) is 11.0 Å². The molecule has 2 fully saturated rings. The molecule has 5 rings (SSSR count). The summed E-state index contributed by atoms with van der Waals surface area (Å²) in [5, 5.41) is 13.3. The van der Waals surface area contributed by atoms with Crippen molar-refractivity contribution in [1.29, 1.82) is 0 Å². The summed E-state index contributed by atoms with van der Waals surface area (Å²) >= 11 is 3.29. The van der Waals surface area contributed by atoms with Crippen LogP contribution in [0.5, 0.6) is 0 Å². The molecule has 0 spiro atoms. The molecule has 2 aliphatic heterocycles. The Labute approximate surface area is 207 Å². The summed E-state index contributed by atoms with van der Waals surface area (Å²) in [6.07, 6.45) is 6.07. The number of imide groups is 1. The van der Waals surface area contributed by atoms with E-state index >= 15 is 0 Å². The highest BCUT2D eigenvalue weighted by Crippen LogP contribution is 2.45. The van der Waals surface area contributed by atoms with Gasteiger partial charge in [0.25, 0.3) is 11.8 Å². The average Bonchev–Trinajstić information content (AvgIpc) is 3.63. The molecule has 1 aliphatic carbocycles. The van der Waals surface area contributed by atoms with Crippen molar-refractivity contribution in [3.63, 3.8) is 0 Å². The smallest absolute Gasteiger partial charge is 0.323 e. The molecule has 2 aromatic heterocycles. The molecule has 4 heterocycles. The van der Waals surface area contributed by atoms with Crippen LogP contribution < -0.4 is 5.32 Å². The minimum absolute atomic E-state index is 0.107. The maximum atomic E-state index is 13.6. The van der Waals surface area contributed by atoms with Crippen molar-refractivity contribution >= 4 is 52.3 Å². The van der Waals surface area contributed by atoms with Gasteiger partial charge >= 0.3 is 6.03 Å². The number of urea groups is 1. The van der Waals surface area contributed by atoms with Gasteiger partial charge in [-0.25, -0.2) is 9.80 Å². The average molecular weight is 497 g/mol. The van der Waals surface area contributed by atoms with Gasteiger partial charge in [0, 0.05) is 15.7 Å². The number of hydrogen-bond acceptors (Lipinski definition) is 6. The van der Waals surface area contributed by atoms with Gasteiger partial charge in [-0.1, -0.05) is 26.0 Å². The van der Waals surface area contributed by atoms with E-state index in [1.165, 1.54) is 15.5 Å². The van der Waals surface area contributed by atoms with Crippen LogP contribution in [0, 0.1) is 5.92 Å². The minimum atomic E-state index is -0.925. The molecule has 2 atom stereocenters. The second-order valence-electron chi connectivity index (χ2n) is 8.98. The molecule has 9 heteroatoms. The van der Waals surface area contributed by atoms with E-state index in [-0.39, 0.29) is 30.3 Å². The number of amides is 4. The lowest BCUT2D eigenvalue weighted by Crippen LogP contribution is -2.46. The van der Waals surface area contributed by atoms with Crippen molar-refractivity contribution in [2.75, 3.05) is 6.54 Å². The summed E-state index contributed by atoms with van der Waals surface area (Å²) < 4.78 is 0. The first-order chi connectivity index (χ1) is 16.5. The number of hydrazone groups is 1. The molecule has 0 aromatic carbocycles. The van der Waals surface area contributed by atoms with E-state index in [4.69, 9.17) is 5.10 Å². The Morgan fingerprint density at radius 2 is 1.97 bits per heavy atom. The molecule has 3 aliphatic rings. The van der Waals surface area contributed by atoms with Crippen molar-refractivity contribution in [3.05, 3.63) is 50.4 Å². The second kappa shape index (κ2) is 9.11. The van der Waals surface area contributed by atoms with Gasteiger partial charge in [-0.15, -0.1) is 22.7 Å². The van der Waals surface area contributed by atoms with Crippen LogP contribution in [-0.4, -0.2) is 45.5 Å². The Hall–Kier alpha value is -2.78. The minimum Gasteiger partial charge on any atom is -0.323 e. The first kappa shape index (κ1) is 23.0. The number of carbonyl (C=O) groups is 3. The fourth-order valence-corrected chi connectivity index (χ4v) is 6.80. The molecule has 1 N–H and O–H groups in total. The highest BCUT2D eigenvalue weighted by Gasteiger charge is 2.51. The molecule has 178 valence electrons. The van der Waals surface area contributed by atoms with Crippen LogP contribution in [0.25, 0.3) is 6.08 Å². The number of hydrogen-bond donors (Lipinski definition) is 1. The van der Waals surface area contributed by atoms with Gasteiger partial charge in [0.2, 0.25) is 0 Å². The molecule has 2 aromatic rings. The van der Waals surface area contributed by atoms with E-state index in [9.17, 15) is 14.4 Å². The van der Waals surface area contributed by atoms with Gasteiger partial charge in [-0.3, -0.25) is 14.5 Å². The van der Waals surface area contributed by atoms with Crippen LogP contribution in [0.15, 0.2) is 45.7 Å². The zero-order valence-electron chi connectivity index (χ0n) is 19.3. The quantitative estimate of drug-likeness (QED) is 0.569. The maximum Gasteiger partial charge on any atom is 0.325 e. The highest BCUT2D eigenvalue weighted by atomic mass is 32.1. The second-order valence-corrected chi connectivity index (χ2v) is 10.9. The maximum absolute atomic E-state index is 13.6. The summed E-state index contributed by atoms with van der Waals surface area (Å²) in [5.41, 5.74) is 1.20. The lowest BCUT2D eigenvalue weighted by atomic mass is 9.79. The highest BCUT2D eigenvalue weighted by molar-refractivity contribution is 7.11. The third-order valence-corrected chi connectivity index (χ3v) is 8.96. The summed E-state index contributed by atoms with van der Waals surface area (Å²) in [6.45, 7) is 3.44. The number of nitrogens with zero attached hydrogens (tertiary/aromatic N) is 3. The third-order valence-electron chi connectivity index (χ3n) is 7.20. The van der Waals surface area contributed by atoms with Crippen LogP contribution in [-0.2, 0) is 9.59 Å². The van der Waals surface area contributed by atoms with Gasteiger partial charge in [-0.2, -0.15) is 5.10 Å². The third kappa shape index (κ3) is 3.80. The van der Waals surface area contributed by atoms with Crippen molar-refractivity contribution in [3.8, 4) is 0 Å². The molecule has 1 saturated carbocycles. The summed E-state index contributed by atoms with van der Waals surface area (Å²) in [6, 6.07) is 7.43. The lowest BCUT2D eigenvalue weighted by Gasteiger charge is -2.29. The molecular formula is C25H28N4O3S2. The first-order valence-corrected chi connectivity index (χ1v) is 13.6. The molecule has 1 saturated heterocycles. The van der Waals surface area contributed by atoms with E-state index < -0.39 is 11.6 Å². The van der Waals surface area contributed by atoms with Crippen LogP contribution in [0.2, 0.25) is 0 Å². The largest absolute Gasteiger partial charge is 0.325 e. The fourth-order valence-electron chi connectivity index (χ4n) is 5.25. The molecule has 0 bridgehead atoms. The molecule has 2 unspecified atom stereocenters.